The van der Waals surface area contributed by atoms with Crippen molar-refractivity contribution in [3.63, 3.8) is 0 Å². The molecule has 0 amide bonds. The van der Waals surface area contributed by atoms with Gasteiger partial charge < -0.3 is 4.90 Å². The van der Waals surface area contributed by atoms with E-state index in [1.807, 2.05) is 11.8 Å². The molecule has 6 nitrogen and oxygen atoms in total. The molecule has 0 bridgehead atoms. The lowest BCUT2D eigenvalue weighted by Gasteiger charge is -2.40. The Morgan fingerprint density at radius 1 is 1.43 bits per heavy atom. The summed E-state index contributed by atoms with van der Waals surface area (Å²) in [5.74, 6) is 8.45. The van der Waals surface area contributed by atoms with Gasteiger partial charge >= 0.3 is 0 Å². The van der Waals surface area contributed by atoms with Gasteiger partial charge in [0.1, 0.15) is 0 Å². The van der Waals surface area contributed by atoms with E-state index >= 15 is 0 Å². The van der Waals surface area contributed by atoms with E-state index in [1.165, 1.54) is 12.0 Å². The molecule has 0 aliphatic carbocycles. The van der Waals surface area contributed by atoms with E-state index < -0.39 is 10.0 Å². The molecule has 0 spiro atoms. The van der Waals surface area contributed by atoms with Gasteiger partial charge in [-0.05, 0) is 32.2 Å². The Morgan fingerprint density at radius 3 is 2.81 bits per heavy atom. The summed E-state index contributed by atoms with van der Waals surface area (Å²) >= 11 is 1.97. The SMILES string of the molecule is CN1CCSCC1C(CC1CCCN(S(C)(=O)=O)C1)NN. The summed E-state index contributed by atoms with van der Waals surface area (Å²) in [5.41, 5.74) is 2.98. The monoisotopic (exact) mass is 336 g/mol. The van der Waals surface area contributed by atoms with Crippen molar-refractivity contribution in [1.29, 1.82) is 0 Å². The molecule has 8 heteroatoms. The zero-order valence-electron chi connectivity index (χ0n) is 13.0. The minimum atomic E-state index is -3.07. The number of likely N-dealkylation sites (N-methyl/N-ethyl adjacent to an activating group) is 1. The second-order valence-corrected chi connectivity index (χ2v) is 9.39. The molecule has 0 aromatic rings. The minimum absolute atomic E-state index is 0.229. The third-order valence-electron chi connectivity index (χ3n) is 4.66. The Morgan fingerprint density at radius 2 is 2.19 bits per heavy atom. The molecule has 2 aliphatic heterocycles. The molecule has 124 valence electrons. The number of piperidine rings is 1. The molecule has 2 fully saturated rings. The maximum Gasteiger partial charge on any atom is 0.211 e. The first kappa shape index (κ1) is 17.5. The van der Waals surface area contributed by atoms with E-state index in [0.29, 0.717) is 25.0 Å². The van der Waals surface area contributed by atoms with Gasteiger partial charge in [-0.1, -0.05) is 0 Å². The van der Waals surface area contributed by atoms with Crippen LogP contribution in [0.15, 0.2) is 0 Å². The summed E-state index contributed by atoms with van der Waals surface area (Å²) in [6, 6.07) is 0.662. The third-order valence-corrected chi connectivity index (χ3v) is 6.98. The van der Waals surface area contributed by atoms with E-state index in [4.69, 9.17) is 5.84 Å². The molecule has 0 saturated carbocycles. The number of nitrogens with one attached hydrogen (secondary N) is 1. The molecule has 21 heavy (non-hydrogen) atoms. The number of nitrogens with two attached hydrogens (primary N) is 1. The van der Waals surface area contributed by atoms with Gasteiger partial charge in [-0.15, -0.1) is 0 Å². The molecule has 2 rings (SSSR count). The van der Waals surface area contributed by atoms with Crippen molar-refractivity contribution in [1.82, 2.24) is 14.6 Å². The van der Waals surface area contributed by atoms with Crippen molar-refractivity contribution in [2.75, 3.05) is 44.4 Å². The smallest absolute Gasteiger partial charge is 0.211 e. The van der Waals surface area contributed by atoms with E-state index in [-0.39, 0.29) is 6.04 Å². The van der Waals surface area contributed by atoms with Crippen LogP contribution in [0.3, 0.4) is 0 Å². The van der Waals surface area contributed by atoms with Gasteiger partial charge in [-0.3, -0.25) is 11.3 Å². The summed E-state index contributed by atoms with van der Waals surface area (Å²) in [4.78, 5) is 2.37. The van der Waals surface area contributed by atoms with Crippen LogP contribution in [-0.4, -0.2) is 74.2 Å². The summed E-state index contributed by atoms with van der Waals surface area (Å²) in [6.45, 7) is 2.39. The lowest BCUT2D eigenvalue weighted by atomic mass is 9.89. The fraction of sp³-hybridized carbons (Fsp3) is 1.00. The molecule has 3 unspecified atom stereocenters. The van der Waals surface area contributed by atoms with Crippen LogP contribution in [0.4, 0.5) is 0 Å². The second-order valence-electron chi connectivity index (χ2n) is 6.26. The number of hydrogen-bond acceptors (Lipinski definition) is 6. The Kier molecular flexibility index (Phi) is 6.34. The maximum atomic E-state index is 11.7. The molecule has 0 aromatic carbocycles. The third kappa shape index (κ3) is 4.80. The van der Waals surface area contributed by atoms with Crippen molar-refractivity contribution < 1.29 is 8.42 Å². The minimum Gasteiger partial charge on any atom is -0.300 e. The summed E-state index contributed by atoms with van der Waals surface area (Å²) in [5, 5.41) is 0. The number of nitrogens with zero attached hydrogens (tertiary/aromatic N) is 2. The normalized spacial score (nSPS) is 31.2. The van der Waals surface area contributed by atoms with Crippen LogP contribution in [0.1, 0.15) is 19.3 Å². The van der Waals surface area contributed by atoms with Crippen LogP contribution in [0.5, 0.6) is 0 Å². The maximum absolute atomic E-state index is 11.7. The molecule has 0 radical (unpaired) electrons. The van der Waals surface area contributed by atoms with Crippen molar-refractivity contribution in [3.8, 4) is 0 Å². The van der Waals surface area contributed by atoms with E-state index in [0.717, 1.165) is 31.6 Å². The lowest BCUT2D eigenvalue weighted by molar-refractivity contribution is 0.171. The highest BCUT2D eigenvalue weighted by atomic mass is 32.2. The number of thioether (sulfide) groups is 1. The topological polar surface area (TPSA) is 78.7 Å². The fourth-order valence-electron chi connectivity index (χ4n) is 3.34. The van der Waals surface area contributed by atoms with Crippen LogP contribution < -0.4 is 11.3 Å². The van der Waals surface area contributed by atoms with E-state index in [1.54, 1.807) is 4.31 Å². The Bertz CT molecular complexity index is 432. The first-order chi connectivity index (χ1) is 9.91. The van der Waals surface area contributed by atoms with E-state index in [2.05, 4.69) is 17.4 Å². The summed E-state index contributed by atoms with van der Waals surface area (Å²) < 4.78 is 25.0. The van der Waals surface area contributed by atoms with Gasteiger partial charge in [-0.25, -0.2) is 12.7 Å². The van der Waals surface area contributed by atoms with E-state index in [9.17, 15) is 8.42 Å². The van der Waals surface area contributed by atoms with Gasteiger partial charge in [0.2, 0.25) is 10.0 Å². The number of hydrogen-bond donors (Lipinski definition) is 2. The molecular formula is C13H28N4O2S2. The van der Waals surface area contributed by atoms with Crippen LogP contribution >= 0.6 is 11.8 Å². The Hall–Kier alpha value is 0.140. The molecule has 2 heterocycles. The fourth-order valence-corrected chi connectivity index (χ4v) is 5.60. The zero-order chi connectivity index (χ0) is 15.5. The summed E-state index contributed by atoms with van der Waals surface area (Å²) in [6.07, 6.45) is 4.29. The van der Waals surface area contributed by atoms with Gasteiger partial charge in [-0.2, -0.15) is 11.8 Å². The van der Waals surface area contributed by atoms with Gasteiger partial charge in [0.25, 0.3) is 0 Å². The number of rotatable bonds is 5. The zero-order valence-corrected chi connectivity index (χ0v) is 14.6. The average Bonchev–Trinajstić information content (AvgIpc) is 2.45. The molecule has 2 saturated heterocycles. The van der Waals surface area contributed by atoms with Gasteiger partial charge in [0.15, 0.2) is 0 Å². The van der Waals surface area contributed by atoms with Crippen LogP contribution in [0, 0.1) is 5.92 Å². The first-order valence-corrected chi connectivity index (χ1v) is 10.6. The predicted octanol–water partition coefficient (Wildman–Crippen LogP) is -0.0728. The van der Waals surface area contributed by atoms with Crippen LogP contribution in [0.2, 0.25) is 0 Å². The lowest BCUT2D eigenvalue weighted by Crippen LogP contribution is -2.56. The molecule has 2 aliphatic rings. The second kappa shape index (κ2) is 7.61. The predicted molar refractivity (Wildman–Crippen MR) is 88.6 cm³/mol. The van der Waals surface area contributed by atoms with Crippen molar-refractivity contribution in [2.45, 2.75) is 31.3 Å². The highest BCUT2D eigenvalue weighted by molar-refractivity contribution is 7.99. The number of hydrazine groups is 1. The molecule has 3 N–H and O–H groups in total. The summed E-state index contributed by atoms with van der Waals surface area (Å²) in [7, 11) is -0.919. The highest BCUT2D eigenvalue weighted by Crippen LogP contribution is 2.26. The number of sulfonamides is 1. The van der Waals surface area contributed by atoms with Crippen molar-refractivity contribution in [2.24, 2.45) is 11.8 Å². The molecular weight excluding hydrogens is 308 g/mol. The highest BCUT2D eigenvalue weighted by Gasteiger charge is 2.32. The molecule has 0 aromatic heterocycles. The first-order valence-electron chi connectivity index (χ1n) is 7.61. The standard InChI is InChI=1S/C13H28N4O2S2/c1-16-6-7-20-10-13(16)12(15-14)8-11-4-3-5-17(9-11)21(2,18)19/h11-13,15H,3-10,14H2,1-2H3. The van der Waals surface area contributed by atoms with Crippen LogP contribution in [-0.2, 0) is 10.0 Å². The largest absolute Gasteiger partial charge is 0.300 e. The Balaban J connectivity index is 1.94. The average molecular weight is 337 g/mol. The van der Waals surface area contributed by atoms with Gasteiger partial charge in [0.05, 0.1) is 6.26 Å². The van der Waals surface area contributed by atoms with Crippen LogP contribution in [0.25, 0.3) is 0 Å². The van der Waals surface area contributed by atoms with Crippen molar-refractivity contribution >= 4 is 21.8 Å². The van der Waals surface area contributed by atoms with Crippen molar-refractivity contribution in [3.05, 3.63) is 0 Å². The molecule has 3 atom stereocenters. The Labute approximate surface area is 132 Å². The quantitative estimate of drug-likeness (QED) is 0.540. The van der Waals surface area contributed by atoms with Gasteiger partial charge in [0, 0.05) is 43.2 Å².